The molecule has 0 aliphatic carbocycles. The van der Waals surface area contributed by atoms with Crippen LogP contribution in [0.5, 0.6) is 0 Å². The molecule has 0 bridgehead atoms. The molecule has 82 valence electrons. The molecule has 0 saturated heterocycles. The number of aromatic nitrogens is 3. The molecule has 0 radical (unpaired) electrons. The molecule has 1 aromatic carbocycles. The lowest BCUT2D eigenvalue weighted by atomic mass is 10.3. The molecule has 16 heavy (non-hydrogen) atoms. The van der Waals surface area contributed by atoms with Crippen molar-refractivity contribution in [1.29, 1.82) is 0 Å². The number of hydrogen-bond donors (Lipinski definition) is 0. The highest BCUT2D eigenvalue weighted by molar-refractivity contribution is 6.63. The summed E-state index contributed by atoms with van der Waals surface area (Å²) in [7, 11) is 0. The molecule has 0 aliphatic rings. The van der Waals surface area contributed by atoms with E-state index in [-0.39, 0.29) is 12.2 Å². The predicted molar refractivity (Wildman–Crippen MR) is 55.9 cm³/mol. The highest BCUT2D eigenvalue weighted by Crippen LogP contribution is 2.07. The first-order chi connectivity index (χ1) is 7.65. The fourth-order valence-electron chi connectivity index (χ4n) is 1.22. The van der Waals surface area contributed by atoms with Crippen molar-refractivity contribution < 1.29 is 9.18 Å². The van der Waals surface area contributed by atoms with Crippen LogP contribution in [0.3, 0.4) is 0 Å². The van der Waals surface area contributed by atoms with Gasteiger partial charge in [-0.3, -0.25) is 4.79 Å². The van der Waals surface area contributed by atoms with E-state index in [0.717, 1.165) is 0 Å². The third-order valence-electron chi connectivity index (χ3n) is 1.93. The molecular weight excluding hydrogens is 233 g/mol. The summed E-state index contributed by atoms with van der Waals surface area (Å²) in [5.74, 6) is 0.0179. The number of carbonyl (C=O) groups is 1. The van der Waals surface area contributed by atoms with E-state index in [4.69, 9.17) is 11.6 Å². The lowest BCUT2D eigenvalue weighted by molar-refractivity contribution is -0.111. The van der Waals surface area contributed by atoms with Gasteiger partial charge in [-0.2, -0.15) is 5.10 Å². The van der Waals surface area contributed by atoms with Crippen molar-refractivity contribution in [2.75, 3.05) is 0 Å². The molecule has 0 amide bonds. The first-order valence-electron chi connectivity index (χ1n) is 4.50. The van der Waals surface area contributed by atoms with Crippen LogP contribution in [0.25, 0.3) is 5.69 Å². The Hall–Kier alpha value is -1.75. The van der Waals surface area contributed by atoms with E-state index in [0.29, 0.717) is 11.5 Å². The Labute approximate surface area is 95.7 Å². The van der Waals surface area contributed by atoms with Gasteiger partial charge in [0.05, 0.1) is 12.1 Å². The van der Waals surface area contributed by atoms with Crippen LogP contribution in [0.2, 0.25) is 0 Å². The molecule has 0 saturated carbocycles. The standard InChI is InChI=1S/C10H7ClFN3O/c11-9(16)5-10-13-6-15(14-10)8-3-1-7(12)2-4-8/h1-4,6H,5H2. The Morgan fingerprint density at radius 1 is 1.38 bits per heavy atom. The van der Waals surface area contributed by atoms with Crippen molar-refractivity contribution in [2.45, 2.75) is 6.42 Å². The normalized spacial score (nSPS) is 10.4. The van der Waals surface area contributed by atoms with Crippen LogP contribution in [0.1, 0.15) is 5.82 Å². The Bertz CT molecular complexity index is 509. The maximum absolute atomic E-state index is 12.7. The molecule has 4 nitrogen and oxygen atoms in total. The Morgan fingerprint density at radius 2 is 2.06 bits per heavy atom. The number of nitrogens with zero attached hydrogens (tertiary/aromatic N) is 3. The third kappa shape index (κ3) is 2.43. The van der Waals surface area contributed by atoms with E-state index in [1.54, 1.807) is 12.1 Å². The maximum Gasteiger partial charge on any atom is 0.229 e. The van der Waals surface area contributed by atoms with E-state index < -0.39 is 5.24 Å². The molecule has 2 aromatic rings. The molecule has 1 heterocycles. The maximum atomic E-state index is 12.7. The Morgan fingerprint density at radius 3 is 2.69 bits per heavy atom. The quantitative estimate of drug-likeness (QED) is 0.767. The van der Waals surface area contributed by atoms with Crippen molar-refractivity contribution >= 4 is 16.8 Å². The summed E-state index contributed by atoms with van der Waals surface area (Å²) in [6.45, 7) is 0. The molecule has 0 aliphatic heterocycles. The van der Waals surface area contributed by atoms with Gasteiger partial charge in [0.15, 0.2) is 5.82 Å². The van der Waals surface area contributed by atoms with Gasteiger partial charge in [0.2, 0.25) is 5.24 Å². The van der Waals surface area contributed by atoms with Gasteiger partial charge in [0.25, 0.3) is 0 Å². The number of carbonyl (C=O) groups excluding carboxylic acids is 1. The summed E-state index contributed by atoms with van der Waals surface area (Å²) < 4.78 is 14.1. The van der Waals surface area contributed by atoms with E-state index in [2.05, 4.69) is 10.1 Å². The second kappa shape index (κ2) is 4.40. The highest BCUT2D eigenvalue weighted by atomic mass is 35.5. The Balaban J connectivity index is 2.24. The summed E-state index contributed by atoms with van der Waals surface area (Å²) in [5, 5.41) is 3.51. The van der Waals surface area contributed by atoms with Crippen molar-refractivity contribution in [2.24, 2.45) is 0 Å². The molecular formula is C10H7ClFN3O. The van der Waals surface area contributed by atoms with Crippen LogP contribution in [0.4, 0.5) is 4.39 Å². The average Bonchev–Trinajstić information content (AvgIpc) is 2.66. The van der Waals surface area contributed by atoms with E-state index in [9.17, 15) is 9.18 Å². The summed E-state index contributed by atoms with van der Waals surface area (Å²) in [5.41, 5.74) is 0.669. The van der Waals surface area contributed by atoms with Crippen LogP contribution in [0, 0.1) is 5.82 Å². The van der Waals surface area contributed by atoms with Crippen LogP contribution in [-0.2, 0) is 11.2 Å². The first kappa shape index (κ1) is 10.8. The number of rotatable bonds is 3. The van der Waals surface area contributed by atoms with Crippen molar-refractivity contribution in [1.82, 2.24) is 14.8 Å². The van der Waals surface area contributed by atoms with Crippen LogP contribution >= 0.6 is 11.6 Å². The van der Waals surface area contributed by atoms with E-state index >= 15 is 0 Å². The first-order valence-corrected chi connectivity index (χ1v) is 4.88. The lowest BCUT2D eigenvalue weighted by Gasteiger charge is -1.98. The molecule has 0 unspecified atom stereocenters. The minimum atomic E-state index is -0.517. The van der Waals surface area contributed by atoms with Crippen LogP contribution < -0.4 is 0 Å². The summed E-state index contributed by atoms with van der Waals surface area (Å²) in [6.07, 6.45) is 1.43. The minimum absolute atomic E-state index is 0.0181. The number of halogens is 2. The zero-order valence-corrected chi connectivity index (χ0v) is 8.86. The lowest BCUT2D eigenvalue weighted by Crippen LogP contribution is -1.99. The van der Waals surface area contributed by atoms with E-state index in [1.165, 1.54) is 23.1 Å². The van der Waals surface area contributed by atoms with Crippen molar-refractivity contribution in [3.63, 3.8) is 0 Å². The van der Waals surface area contributed by atoms with Gasteiger partial charge in [-0.05, 0) is 35.9 Å². The molecule has 6 heteroatoms. The molecule has 2 rings (SSSR count). The fourth-order valence-corrected chi connectivity index (χ4v) is 1.34. The molecule has 0 spiro atoms. The van der Waals surface area contributed by atoms with Gasteiger partial charge >= 0.3 is 0 Å². The van der Waals surface area contributed by atoms with Crippen LogP contribution in [0.15, 0.2) is 30.6 Å². The summed E-state index contributed by atoms with van der Waals surface area (Å²) in [6, 6.07) is 5.78. The van der Waals surface area contributed by atoms with Gasteiger partial charge in [-0.25, -0.2) is 14.1 Å². The minimum Gasteiger partial charge on any atom is -0.281 e. The Kier molecular flexibility index (Phi) is 2.96. The topological polar surface area (TPSA) is 47.8 Å². The van der Waals surface area contributed by atoms with Crippen molar-refractivity contribution in [3.05, 3.63) is 42.2 Å². The molecule has 0 atom stereocenters. The monoisotopic (exact) mass is 239 g/mol. The summed E-state index contributed by atoms with van der Waals surface area (Å²) >= 11 is 5.21. The number of hydrogen-bond acceptors (Lipinski definition) is 3. The predicted octanol–water partition coefficient (Wildman–Crippen LogP) is 1.71. The van der Waals surface area contributed by atoms with Crippen LogP contribution in [-0.4, -0.2) is 20.0 Å². The van der Waals surface area contributed by atoms with Gasteiger partial charge in [0, 0.05) is 0 Å². The SMILES string of the molecule is O=C(Cl)Cc1ncn(-c2ccc(F)cc2)n1. The van der Waals surface area contributed by atoms with Crippen molar-refractivity contribution in [3.8, 4) is 5.69 Å². The molecule has 1 aromatic heterocycles. The van der Waals surface area contributed by atoms with Gasteiger partial charge in [-0.1, -0.05) is 0 Å². The van der Waals surface area contributed by atoms with Gasteiger partial charge < -0.3 is 0 Å². The van der Waals surface area contributed by atoms with Gasteiger partial charge in [0.1, 0.15) is 12.1 Å². The second-order valence-electron chi connectivity index (χ2n) is 3.11. The zero-order valence-electron chi connectivity index (χ0n) is 8.10. The second-order valence-corrected chi connectivity index (χ2v) is 3.54. The molecule has 0 fully saturated rings. The third-order valence-corrected chi connectivity index (χ3v) is 2.06. The number of benzene rings is 1. The smallest absolute Gasteiger partial charge is 0.229 e. The molecule has 0 N–H and O–H groups in total. The zero-order chi connectivity index (χ0) is 11.5. The highest BCUT2D eigenvalue weighted by Gasteiger charge is 2.06. The average molecular weight is 240 g/mol. The van der Waals surface area contributed by atoms with E-state index in [1.807, 2.05) is 0 Å². The van der Waals surface area contributed by atoms with Gasteiger partial charge in [-0.15, -0.1) is 0 Å². The largest absolute Gasteiger partial charge is 0.281 e. The summed E-state index contributed by atoms with van der Waals surface area (Å²) in [4.78, 5) is 14.5. The fraction of sp³-hybridized carbons (Fsp3) is 0.100.